The van der Waals surface area contributed by atoms with Crippen LogP contribution in [-0.2, 0) is 22.4 Å². The second-order valence-corrected chi connectivity index (χ2v) is 6.97. The van der Waals surface area contributed by atoms with Crippen LogP contribution >= 0.6 is 11.8 Å². The summed E-state index contributed by atoms with van der Waals surface area (Å²) in [6.45, 7) is 3.48. The number of thioether (sulfide) groups is 1. The van der Waals surface area contributed by atoms with E-state index in [1.165, 1.54) is 13.0 Å². The van der Waals surface area contributed by atoms with Crippen LogP contribution in [-0.4, -0.2) is 33.5 Å². The summed E-state index contributed by atoms with van der Waals surface area (Å²) in [6, 6.07) is 10.4. The molecule has 0 bridgehead atoms. The SMILES string of the molecule is CCCc1cc(=O)[nH]c(SCC(=O)NC(Cc2ccccc2)C(C)=O)n1. The average Bonchev–Trinajstić information content (AvgIpc) is 2.60. The first-order valence-corrected chi connectivity index (χ1v) is 9.53. The van der Waals surface area contributed by atoms with E-state index in [1.807, 2.05) is 37.3 Å². The average molecular weight is 373 g/mol. The fourth-order valence-electron chi connectivity index (χ4n) is 2.45. The predicted octanol–water partition coefficient (Wildman–Crippen LogP) is 2.13. The molecule has 0 aliphatic rings. The summed E-state index contributed by atoms with van der Waals surface area (Å²) in [6.07, 6.45) is 2.06. The zero-order chi connectivity index (χ0) is 18.9. The van der Waals surface area contributed by atoms with Crippen molar-refractivity contribution in [2.75, 3.05) is 5.75 Å². The smallest absolute Gasteiger partial charge is 0.251 e. The summed E-state index contributed by atoms with van der Waals surface area (Å²) in [5, 5.41) is 3.18. The van der Waals surface area contributed by atoms with Crippen LogP contribution in [0, 0.1) is 0 Å². The van der Waals surface area contributed by atoms with Gasteiger partial charge in [-0.15, -0.1) is 0 Å². The molecule has 2 aromatic rings. The Hall–Kier alpha value is -2.41. The number of hydrogen-bond donors (Lipinski definition) is 2. The van der Waals surface area contributed by atoms with Crippen LogP contribution in [0.25, 0.3) is 0 Å². The number of aromatic nitrogens is 2. The highest BCUT2D eigenvalue weighted by atomic mass is 32.2. The van der Waals surface area contributed by atoms with Gasteiger partial charge in [0.1, 0.15) is 0 Å². The van der Waals surface area contributed by atoms with Gasteiger partial charge in [0, 0.05) is 11.8 Å². The fraction of sp³-hybridized carbons (Fsp3) is 0.368. The molecule has 0 spiro atoms. The molecule has 1 unspecified atom stereocenters. The van der Waals surface area contributed by atoms with Crippen molar-refractivity contribution in [2.24, 2.45) is 0 Å². The standard InChI is InChI=1S/C19H23N3O3S/c1-3-7-15-11-17(24)22-19(20-15)26-12-18(25)21-16(13(2)23)10-14-8-5-4-6-9-14/h4-6,8-9,11,16H,3,7,10,12H2,1-2H3,(H,21,25)(H,20,22,24). The van der Waals surface area contributed by atoms with E-state index in [-0.39, 0.29) is 23.0 Å². The molecule has 0 aliphatic carbocycles. The maximum Gasteiger partial charge on any atom is 0.251 e. The molecule has 1 heterocycles. The topological polar surface area (TPSA) is 91.9 Å². The molecule has 7 heteroatoms. The normalized spacial score (nSPS) is 11.8. The van der Waals surface area contributed by atoms with Gasteiger partial charge in [-0.25, -0.2) is 4.98 Å². The van der Waals surface area contributed by atoms with E-state index in [4.69, 9.17) is 0 Å². The summed E-state index contributed by atoms with van der Waals surface area (Å²) in [5.41, 5.74) is 1.47. The number of amides is 1. The maximum absolute atomic E-state index is 12.2. The van der Waals surface area contributed by atoms with Gasteiger partial charge in [-0.1, -0.05) is 55.4 Å². The number of carbonyl (C=O) groups excluding carboxylic acids is 2. The van der Waals surface area contributed by atoms with Crippen LogP contribution in [0.5, 0.6) is 0 Å². The Morgan fingerprint density at radius 1 is 1.27 bits per heavy atom. The van der Waals surface area contributed by atoms with E-state index in [9.17, 15) is 14.4 Å². The molecule has 2 rings (SSSR count). The summed E-state index contributed by atoms with van der Waals surface area (Å²) in [4.78, 5) is 42.7. The lowest BCUT2D eigenvalue weighted by Gasteiger charge is -2.16. The maximum atomic E-state index is 12.2. The first-order valence-electron chi connectivity index (χ1n) is 8.54. The third kappa shape index (κ3) is 6.48. The van der Waals surface area contributed by atoms with Crippen molar-refractivity contribution in [3.63, 3.8) is 0 Å². The highest BCUT2D eigenvalue weighted by Crippen LogP contribution is 2.12. The van der Waals surface area contributed by atoms with Crippen LogP contribution in [0.3, 0.4) is 0 Å². The van der Waals surface area contributed by atoms with Gasteiger partial charge in [-0.2, -0.15) is 0 Å². The van der Waals surface area contributed by atoms with E-state index in [1.54, 1.807) is 0 Å². The number of nitrogens with zero attached hydrogens (tertiary/aromatic N) is 1. The Balaban J connectivity index is 1.94. The Bertz CT molecular complexity index is 805. The molecule has 1 aromatic carbocycles. The quantitative estimate of drug-likeness (QED) is 0.519. The largest absolute Gasteiger partial charge is 0.345 e. The van der Waals surface area contributed by atoms with E-state index >= 15 is 0 Å². The second kappa shape index (κ2) is 9.91. The molecule has 6 nitrogen and oxygen atoms in total. The fourth-order valence-corrected chi connectivity index (χ4v) is 3.16. The predicted molar refractivity (Wildman–Crippen MR) is 102 cm³/mol. The first-order chi connectivity index (χ1) is 12.5. The van der Waals surface area contributed by atoms with Gasteiger partial charge in [-0.3, -0.25) is 14.4 Å². The molecule has 26 heavy (non-hydrogen) atoms. The van der Waals surface area contributed by atoms with E-state index in [0.29, 0.717) is 23.7 Å². The molecule has 0 aliphatic heterocycles. The molecule has 2 N–H and O–H groups in total. The number of rotatable bonds is 9. The van der Waals surface area contributed by atoms with Gasteiger partial charge in [0.15, 0.2) is 10.9 Å². The number of carbonyl (C=O) groups is 2. The van der Waals surface area contributed by atoms with Gasteiger partial charge >= 0.3 is 0 Å². The van der Waals surface area contributed by atoms with Crippen LogP contribution in [0.2, 0.25) is 0 Å². The Morgan fingerprint density at radius 3 is 2.65 bits per heavy atom. The van der Waals surface area contributed by atoms with Crippen molar-refractivity contribution >= 4 is 23.5 Å². The monoisotopic (exact) mass is 373 g/mol. The van der Waals surface area contributed by atoms with E-state index in [0.717, 1.165) is 23.7 Å². The molecule has 138 valence electrons. The summed E-state index contributed by atoms with van der Waals surface area (Å²) < 4.78 is 0. The number of aryl methyl sites for hydroxylation is 1. The highest BCUT2D eigenvalue weighted by Gasteiger charge is 2.18. The molecule has 0 fully saturated rings. The molecule has 1 amide bonds. The van der Waals surface area contributed by atoms with Crippen molar-refractivity contribution in [1.29, 1.82) is 0 Å². The third-order valence-corrected chi connectivity index (χ3v) is 4.60. The summed E-state index contributed by atoms with van der Waals surface area (Å²) in [5.74, 6) is -0.282. The minimum absolute atomic E-state index is 0.0804. The number of H-pyrrole nitrogens is 1. The van der Waals surface area contributed by atoms with Gasteiger partial charge in [0.25, 0.3) is 5.56 Å². The number of benzene rings is 1. The molecule has 0 radical (unpaired) electrons. The molecular formula is C19H23N3O3S. The van der Waals surface area contributed by atoms with Gasteiger partial charge in [-0.05, 0) is 25.3 Å². The molecule has 0 saturated heterocycles. The zero-order valence-electron chi connectivity index (χ0n) is 15.0. The van der Waals surface area contributed by atoms with Crippen molar-refractivity contribution in [2.45, 2.75) is 44.3 Å². The molecule has 1 aromatic heterocycles. The van der Waals surface area contributed by atoms with Gasteiger partial charge < -0.3 is 10.3 Å². The number of hydrogen-bond acceptors (Lipinski definition) is 5. The van der Waals surface area contributed by atoms with E-state index in [2.05, 4.69) is 15.3 Å². The minimum Gasteiger partial charge on any atom is -0.345 e. The van der Waals surface area contributed by atoms with Crippen LogP contribution in [0.4, 0.5) is 0 Å². The second-order valence-electron chi connectivity index (χ2n) is 6.00. The first kappa shape index (κ1) is 19.9. The lowest BCUT2D eigenvalue weighted by Crippen LogP contribution is -2.42. The highest BCUT2D eigenvalue weighted by molar-refractivity contribution is 7.99. The Morgan fingerprint density at radius 2 is 2.00 bits per heavy atom. The third-order valence-electron chi connectivity index (χ3n) is 3.73. The van der Waals surface area contributed by atoms with Crippen LogP contribution < -0.4 is 10.9 Å². The lowest BCUT2D eigenvalue weighted by atomic mass is 10.0. The molecule has 1 atom stereocenters. The van der Waals surface area contributed by atoms with Gasteiger partial charge in [0.2, 0.25) is 5.91 Å². The van der Waals surface area contributed by atoms with Crippen molar-refractivity contribution in [1.82, 2.24) is 15.3 Å². The van der Waals surface area contributed by atoms with Crippen LogP contribution in [0.15, 0.2) is 46.3 Å². The number of aromatic amines is 1. The van der Waals surface area contributed by atoms with Crippen molar-refractivity contribution < 1.29 is 9.59 Å². The van der Waals surface area contributed by atoms with Crippen molar-refractivity contribution in [3.05, 3.63) is 58.0 Å². The lowest BCUT2D eigenvalue weighted by molar-refractivity contribution is -0.125. The summed E-state index contributed by atoms with van der Waals surface area (Å²) >= 11 is 1.15. The number of Topliss-reactive ketones (excluding diaryl/α,β-unsaturated/α-hetero) is 1. The number of ketones is 1. The number of nitrogens with one attached hydrogen (secondary N) is 2. The van der Waals surface area contributed by atoms with E-state index < -0.39 is 6.04 Å². The minimum atomic E-state index is -0.566. The molecular weight excluding hydrogens is 350 g/mol. The Labute approximate surface area is 156 Å². The van der Waals surface area contributed by atoms with Crippen LogP contribution in [0.1, 0.15) is 31.5 Å². The summed E-state index contributed by atoms with van der Waals surface area (Å²) in [7, 11) is 0. The Kier molecular flexibility index (Phi) is 7.59. The molecule has 0 saturated carbocycles. The zero-order valence-corrected chi connectivity index (χ0v) is 15.8. The van der Waals surface area contributed by atoms with Crippen molar-refractivity contribution in [3.8, 4) is 0 Å². The van der Waals surface area contributed by atoms with Gasteiger partial charge in [0.05, 0.1) is 11.8 Å².